The summed E-state index contributed by atoms with van der Waals surface area (Å²) in [5.74, 6) is -0.497. The summed E-state index contributed by atoms with van der Waals surface area (Å²) < 4.78 is 24.2. The van der Waals surface area contributed by atoms with E-state index in [4.69, 9.17) is 9.47 Å². The van der Waals surface area contributed by atoms with Crippen LogP contribution in [0.3, 0.4) is 0 Å². The Bertz CT molecular complexity index is 1170. The van der Waals surface area contributed by atoms with Crippen LogP contribution >= 0.6 is 0 Å². The number of carbonyl (C=O) groups is 2. The number of morpholine rings is 1. The average molecular weight is 464 g/mol. The van der Waals surface area contributed by atoms with Gasteiger partial charge in [-0.25, -0.2) is 4.39 Å². The first-order valence-electron chi connectivity index (χ1n) is 10.8. The van der Waals surface area contributed by atoms with E-state index in [0.717, 1.165) is 11.6 Å². The van der Waals surface area contributed by atoms with Gasteiger partial charge in [-0.15, -0.1) is 0 Å². The van der Waals surface area contributed by atoms with Crippen LogP contribution in [0, 0.1) is 5.82 Å². The van der Waals surface area contributed by atoms with Crippen LogP contribution in [-0.4, -0.2) is 48.2 Å². The summed E-state index contributed by atoms with van der Waals surface area (Å²) >= 11 is 0. The highest BCUT2D eigenvalue weighted by Gasteiger charge is 2.35. The summed E-state index contributed by atoms with van der Waals surface area (Å²) in [7, 11) is 1.57. The number of nitrogens with one attached hydrogen (secondary N) is 1. The van der Waals surface area contributed by atoms with Gasteiger partial charge in [0, 0.05) is 23.4 Å². The number of aliphatic hydroxyl groups excluding tert-OH is 1. The average Bonchev–Trinajstić information content (AvgIpc) is 2.85. The molecule has 0 saturated carbocycles. The largest absolute Gasteiger partial charge is 0.496 e. The van der Waals surface area contributed by atoms with Crippen molar-refractivity contribution >= 4 is 17.5 Å². The van der Waals surface area contributed by atoms with Gasteiger partial charge in [-0.3, -0.25) is 9.59 Å². The molecule has 0 spiro atoms. The molecule has 1 aliphatic rings. The lowest BCUT2D eigenvalue weighted by Crippen LogP contribution is -2.51. The molecular formula is C26H25FN2O5. The minimum absolute atomic E-state index is 0.0522. The fourth-order valence-corrected chi connectivity index (χ4v) is 3.93. The van der Waals surface area contributed by atoms with Crippen molar-refractivity contribution in [3.63, 3.8) is 0 Å². The Morgan fingerprint density at radius 3 is 2.68 bits per heavy atom. The number of methoxy groups -OCH3 is 1. The predicted octanol–water partition coefficient (Wildman–Crippen LogP) is 3.55. The van der Waals surface area contributed by atoms with Crippen LogP contribution in [0.2, 0.25) is 0 Å². The van der Waals surface area contributed by atoms with Gasteiger partial charge < -0.3 is 24.8 Å². The number of rotatable bonds is 7. The Kier molecular flexibility index (Phi) is 7.20. The zero-order valence-corrected chi connectivity index (χ0v) is 18.6. The number of hydrogen-bond acceptors (Lipinski definition) is 5. The smallest absolute Gasteiger partial charge is 0.255 e. The second-order valence-electron chi connectivity index (χ2n) is 7.95. The van der Waals surface area contributed by atoms with Gasteiger partial charge in [0.15, 0.2) is 0 Å². The molecule has 7 nitrogen and oxygen atoms in total. The van der Waals surface area contributed by atoms with Crippen molar-refractivity contribution in [2.24, 2.45) is 0 Å². The lowest BCUT2D eigenvalue weighted by molar-refractivity contribution is -0.155. The maximum absolute atomic E-state index is 13.4. The normalized spacial score (nSPS) is 16.7. The third-order valence-corrected chi connectivity index (χ3v) is 5.73. The predicted molar refractivity (Wildman–Crippen MR) is 124 cm³/mol. The van der Waals surface area contributed by atoms with Gasteiger partial charge in [-0.05, 0) is 42.0 Å². The topological polar surface area (TPSA) is 88.1 Å². The first kappa shape index (κ1) is 23.4. The molecule has 0 unspecified atom stereocenters. The number of anilines is 1. The first-order valence-corrected chi connectivity index (χ1v) is 10.8. The summed E-state index contributed by atoms with van der Waals surface area (Å²) in [6, 6.07) is 18.9. The molecule has 2 amide bonds. The molecule has 0 bridgehead atoms. The minimum Gasteiger partial charge on any atom is -0.496 e. The SMILES string of the molecule is COc1ccccc1CN1C(=O)COC[C@@H]1[C@H](O)c1ccc(NC(=O)c2cccc(F)c2)cc1. The highest BCUT2D eigenvalue weighted by atomic mass is 19.1. The van der Waals surface area contributed by atoms with Crippen molar-refractivity contribution in [2.45, 2.75) is 18.7 Å². The summed E-state index contributed by atoms with van der Waals surface area (Å²) in [6.07, 6.45) is -1.01. The van der Waals surface area contributed by atoms with Crippen molar-refractivity contribution in [3.8, 4) is 5.75 Å². The van der Waals surface area contributed by atoms with E-state index in [-0.39, 0.29) is 31.2 Å². The molecule has 0 aliphatic carbocycles. The van der Waals surface area contributed by atoms with Gasteiger partial charge in [-0.1, -0.05) is 36.4 Å². The molecule has 2 atom stereocenters. The quantitative estimate of drug-likeness (QED) is 0.559. The van der Waals surface area contributed by atoms with E-state index in [2.05, 4.69) is 5.32 Å². The van der Waals surface area contributed by atoms with E-state index >= 15 is 0 Å². The highest BCUT2D eigenvalue weighted by molar-refractivity contribution is 6.04. The van der Waals surface area contributed by atoms with Gasteiger partial charge >= 0.3 is 0 Å². The molecule has 8 heteroatoms. The van der Waals surface area contributed by atoms with Crippen LogP contribution in [-0.2, 0) is 16.1 Å². The molecule has 1 heterocycles. The van der Waals surface area contributed by atoms with Gasteiger partial charge in [0.25, 0.3) is 5.91 Å². The zero-order valence-electron chi connectivity index (χ0n) is 18.6. The molecule has 4 rings (SSSR count). The maximum atomic E-state index is 13.4. The summed E-state index contributed by atoms with van der Waals surface area (Å²) in [5.41, 5.74) is 2.09. The fraction of sp³-hybridized carbons (Fsp3) is 0.231. The molecule has 1 aliphatic heterocycles. The summed E-state index contributed by atoms with van der Waals surface area (Å²) in [6.45, 7) is 0.402. The lowest BCUT2D eigenvalue weighted by Gasteiger charge is -2.38. The Morgan fingerprint density at radius 2 is 1.94 bits per heavy atom. The van der Waals surface area contributed by atoms with Crippen molar-refractivity contribution in [3.05, 3.63) is 95.3 Å². The first-order chi connectivity index (χ1) is 16.5. The van der Waals surface area contributed by atoms with Gasteiger partial charge in [-0.2, -0.15) is 0 Å². The fourth-order valence-electron chi connectivity index (χ4n) is 3.93. The van der Waals surface area contributed by atoms with Gasteiger partial charge in [0.05, 0.1) is 19.8 Å². The number of hydrogen-bond donors (Lipinski definition) is 2. The second-order valence-corrected chi connectivity index (χ2v) is 7.95. The van der Waals surface area contributed by atoms with Crippen molar-refractivity contribution < 1.29 is 28.6 Å². The number of carbonyl (C=O) groups excluding carboxylic acids is 2. The number of aliphatic hydroxyl groups is 1. The van der Waals surface area contributed by atoms with Crippen LogP contribution in [0.25, 0.3) is 0 Å². The third-order valence-electron chi connectivity index (χ3n) is 5.73. The Labute approximate surface area is 196 Å². The Hall–Kier alpha value is -3.75. The number of amides is 2. The molecule has 1 fully saturated rings. The van der Waals surface area contributed by atoms with Crippen molar-refractivity contribution in [1.29, 1.82) is 0 Å². The minimum atomic E-state index is -1.01. The molecule has 3 aromatic rings. The number of ether oxygens (including phenoxy) is 2. The molecule has 1 saturated heterocycles. The molecule has 176 valence electrons. The highest BCUT2D eigenvalue weighted by Crippen LogP contribution is 2.28. The van der Waals surface area contributed by atoms with E-state index < -0.39 is 23.9 Å². The summed E-state index contributed by atoms with van der Waals surface area (Å²) in [4.78, 5) is 26.6. The Balaban J connectivity index is 1.48. The molecule has 0 radical (unpaired) electrons. The Morgan fingerprint density at radius 1 is 1.18 bits per heavy atom. The summed E-state index contributed by atoms with van der Waals surface area (Å²) in [5, 5.41) is 13.8. The van der Waals surface area contributed by atoms with Crippen molar-refractivity contribution in [2.75, 3.05) is 25.6 Å². The van der Waals surface area contributed by atoms with E-state index in [1.807, 2.05) is 24.3 Å². The molecule has 34 heavy (non-hydrogen) atoms. The van der Waals surface area contributed by atoms with Crippen LogP contribution in [0.15, 0.2) is 72.8 Å². The number of halogens is 1. The van der Waals surface area contributed by atoms with Crippen LogP contribution in [0.1, 0.15) is 27.6 Å². The van der Waals surface area contributed by atoms with E-state index in [9.17, 15) is 19.1 Å². The monoisotopic (exact) mass is 464 g/mol. The molecule has 3 aromatic carbocycles. The van der Waals surface area contributed by atoms with Crippen LogP contribution in [0.4, 0.5) is 10.1 Å². The van der Waals surface area contributed by atoms with E-state index in [1.54, 1.807) is 36.3 Å². The lowest BCUT2D eigenvalue weighted by atomic mass is 9.99. The third kappa shape index (κ3) is 5.24. The van der Waals surface area contributed by atoms with Crippen molar-refractivity contribution in [1.82, 2.24) is 4.90 Å². The number of benzene rings is 3. The van der Waals surface area contributed by atoms with E-state index in [0.29, 0.717) is 17.0 Å². The molecule has 0 aromatic heterocycles. The van der Waals surface area contributed by atoms with Gasteiger partial charge in [0.1, 0.15) is 24.3 Å². The van der Waals surface area contributed by atoms with Gasteiger partial charge in [0.2, 0.25) is 5.91 Å². The maximum Gasteiger partial charge on any atom is 0.255 e. The number of nitrogens with zero attached hydrogens (tertiary/aromatic N) is 1. The molecule has 2 N–H and O–H groups in total. The van der Waals surface area contributed by atoms with Crippen LogP contribution < -0.4 is 10.1 Å². The van der Waals surface area contributed by atoms with E-state index in [1.165, 1.54) is 18.2 Å². The zero-order chi connectivity index (χ0) is 24.1. The second kappa shape index (κ2) is 10.5. The molecular weight excluding hydrogens is 439 g/mol. The number of para-hydroxylation sites is 1. The standard InChI is InChI=1S/C26H25FN2O5/c1-33-23-8-3-2-5-19(23)14-29-22(15-34-16-24(29)30)25(31)17-9-11-21(12-10-17)28-26(32)18-6-4-7-20(27)13-18/h2-13,22,25,31H,14-16H2,1H3,(H,28,32)/t22-,25-/m1/s1. The van der Waals surface area contributed by atoms with Crippen LogP contribution in [0.5, 0.6) is 5.75 Å².